The van der Waals surface area contributed by atoms with Crippen molar-refractivity contribution in [2.75, 3.05) is 58.9 Å². The fraction of sp³-hybridized carbons (Fsp3) is 0.667. The summed E-state index contributed by atoms with van der Waals surface area (Å²) in [6.45, 7) is 7.47. The summed E-state index contributed by atoms with van der Waals surface area (Å²) in [5.74, 6) is -2.14. The molecule has 312 valence electrons. The second-order valence-corrected chi connectivity index (χ2v) is 14.1. The third kappa shape index (κ3) is 17.6. The molecule has 20 nitrogen and oxygen atoms in total. The van der Waals surface area contributed by atoms with Crippen LogP contribution in [-0.4, -0.2) is 156 Å². The van der Waals surface area contributed by atoms with Crippen LogP contribution in [0.25, 0.3) is 0 Å². The number of nitrogens with one attached hydrogen (secondary N) is 4. The summed E-state index contributed by atoms with van der Waals surface area (Å²) in [5, 5.41) is 37.5. The molecule has 2 aromatic heterocycles. The van der Waals surface area contributed by atoms with Crippen LogP contribution >= 0.6 is 0 Å². The monoisotopic (exact) mass is 789 g/mol. The number of rotatable bonds is 24. The summed E-state index contributed by atoms with van der Waals surface area (Å²) in [7, 11) is 3.99. The minimum Gasteiger partial charge on any atom is -0.481 e. The first kappa shape index (κ1) is 45.3. The van der Waals surface area contributed by atoms with E-state index in [9.17, 15) is 39.0 Å². The lowest BCUT2D eigenvalue weighted by atomic mass is 10.1. The third-order valence-electron chi connectivity index (χ3n) is 9.63. The number of carbonyl (C=O) groups is 6. The quantitative estimate of drug-likeness (QED) is 0.0681. The zero-order valence-corrected chi connectivity index (χ0v) is 32.5. The molecule has 0 aromatic carbocycles. The number of nitrogens with zero attached hydrogens (tertiary/aromatic N) is 7. The van der Waals surface area contributed by atoms with Crippen LogP contribution in [0.2, 0.25) is 0 Å². The highest BCUT2D eigenvalue weighted by Crippen LogP contribution is 2.09. The highest BCUT2D eigenvalue weighted by atomic mass is 16.4. The first-order valence-corrected chi connectivity index (χ1v) is 19.2. The van der Waals surface area contributed by atoms with E-state index in [4.69, 9.17) is 5.11 Å². The van der Waals surface area contributed by atoms with Gasteiger partial charge in [0.2, 0.25) is 11.8 Å². The van der Waals surface area contributed by atoms with Crippen molar-refractivity contribution in [3.63, 3.8) is 0 Å². The van der Waals surface area contributed by atoms with E-state index in [1.54, 1.807) is 0 Å². The molecular formula is C36H59N11O9. The topological polar surface area (TPSA) is 257 Å². The van der Waals surface area contributed by atoms with Gasteiger partial charge in [-0.15, -0.1) is 0 Å². The van der Waals surface area contributed by atoms with Crippen molar-refractivity contribution >= 4 is 35.8 Å². The average Bonchev–Trinajstić information content (AvgIpc) is 3.77. The highest BCUT2D eigenvalue weighted by Gasteiger charge is 2.25. The minimum absolute atomic E-state index is 0.0329. The molecule has 1 aliphatic heterocycles. The molecule has 0 bridgehead atoms. The average molecular weight is 790 g/mol. The van der Waals surface area contributed by atoms with Crippen molar-refractivity contribution in [3.05, 3.63) is 36.4 Å². The number of aliphatic carboxylic acids is 3. The first-order valence-electron chi connectivity index (χ1n) is 19.2. The Bertz CT molecular complexity index is 1510. The molecule has 3 heterocycles. The van der Waals surface area contributed by atoms with Gasteiger partial charge >= 0.3 is 23.9 Å². The Hall–Kier alpha value is -5.08. The number of carboxylic acid groups (broad SMARTS) is 3. The third-order valence-corrected chi connectivity index (χ3v) is 9.63. The zero-order valence-electron chi connectivity index (χ0n) is 32.5. The predicted octanol–water partition coefficient (Wildman–Crippen LogP) is -0.193. The van der Waals surface area contributed by atoms with E-state index in [0.29, 0.717) is 45.3 Å². The molecule has 20 heteroatoms. The second kappa shape index (κ2) is 24.4. The lowest BCUT2D eigenvalue weighted by Gasteiger charge is -2.25. The van der Waals surface area contributed by atoms with Crippen molar-refractivity contribution in [2.45, 2.75) is 83.0 Å². The van der Waals surface area contributed by atoms with Crippen LogP contribution in [0.1, 0.15) is 69.4 Å². The number of hydrogen-bond donors (Lipinski definition) is 7. The van der Waals surface area contributed by atoms with Crippen molar-refractivity contribution in [2.24, 2.45) is 14.1 Å². The van der Waals surface area contributed by atoms with Crippen LogP contribution in [0.5, 0.6) is 0 Å². The number of aromatic nitrogens is 4. The van der Waals surface area contributed by atoms with Gasteiger partial charge in [-0.1, -0.05) is 6.42 Å². The molecule has 0 saturated carbocycles. The highest BCUT2D eigenvalue weighted by molar-refractivity contribution is 5.86. The Morgan fingerprint density at radius 2 is 1.11 bits per heavy atom. The molecule has 0 spiro atoms. The zero-order chi connectivity index (χ0) is 40.9. The second-order valence-electron chi connectivity index (χ2n) is 14.1. The van der Waals surface area contributed by atoms with Gasteiger partial charge in [-0.2, -0.15) is 0 Å². The van der Waals surface area contributed by atoms with E-state index in [1.165, 1.54) is 0 Å². The van der Waals surface area contributed by atoms with Gasteiger partial charge < -0.3 is 45.7 Å². The van der Waals surface area contributed by atoms with Crippen LogP contribution in [0.15, 0.2) is 24.8 Å². The maximum Gasteiger partial charge on any atom is 0.326 e. The van der Waals surface area contributed by atoms with Crippen LogP contribution < -0.4 is 21.3 Å². The van der Waals surface area contributed by atoms with Gasteiger partial charge in [0.25, 0.3) is 0 Å². The van der Waals surface area contributed by atoms with Gasteiger partial charge in [-0.25, -0.2) is 24.4 Å². The summed E-state index contributed by atoms with van der Waals surface area (Å²) in [4.78, 5) is 86.9. The Morgan fingerprint density at radius 3 is 1.59 bits per heavy atom. The van der Waals surface area contributed by atoms with Gasteiger partial charge in [-0.3, -0.25) is 29.1 Å². The normalized spacial score (nSPS) is 15.5. The lowest BCUT2D eigenvalue weighted by Crippen LogP contribution is -2.51. The molecule has 3 rings (SSSR count). The maximum atomic E-state index is 12.9. The van der Waals surface area contributed by atoms with Gasteiger partial charge in [0.1, 0.15) is 23.7 Å². The van der Waals surface area contributed by atoms with E-state index in [1.807, 2.05) is 48.0 Å². The largest absolute Gasteiger partial charge is 0.481 e. The molecule has 4 amide bonds. The van der Waals surface area contributed by atoms with Crippen molar-refractivity contribution in [1.82, 2.24) is 55.1 Å². The molecule has 2 aromatic rings. The number of carboxylic acids is 3. The maximum absolute atomic E-state index is 12.9. The van der Waals surface area contributed by atoms with Crippen molar-refractivity contribution in [1.29, 1.82) is 0 Å². The fourth-order valence-corrected chi connectivity index (χ4v) is 6.16. The van der Waals surface area contributed by atoms with Crippen LogP contribution in [-0.2, 0) is 51.2 Å². The lowest BCUT2D eigenvalue weighted by molar-refractivity contribution is -0.141. The first-order chi connectivity index (χ1) is 26.8. The van der Waals surface area contributed by atoms with E-state index in [2.05, 4.69) is 45.9 Å². The van der Waals surface area contributed by atoms with Gasteiger partial charge in [0.05, 0.1) is 19.6 Å². The summed E-state index contributed by atoms with van der Waals surface area (Å²) >= 11 is 0. The summed E-state index contributed by atoms with van der Waals surface area (Å²) in [6, 6.07) is -3.80. The Kier molecular flexibility index (Phi) is 19.8. The number of carbonyl (C=O) groups excluding carboxylic acids is 3. The number of unbranched alkanes of at least 4 members (excludes halogenated alkanes) is 3. The Labute approximate surface area is 327 Å². The molecule has 1 fully saturated rings. The standard InChI is InChI=1S/C36H59N11O9/c1-43-16-14-37-29(43)24-45-18-19-46(25-30-38-15-17-44(30)2)21-23-47(22-20-45)26-32(49)40-12-6-3-4-9-31(48)39-13-7-5-8-27(34(52)53)41-36(56)42-28(35(54)55)10-11-33(50)51/h14-17,27-28H,3-13,18-26H2,1-2H3,(H,39,48)(H,40,49)(H,50,51)(H,52,53)(H,54,55)(H2,41,42,56)/t27-,28-/m0/s1. The molecule has 0 radical (unpaired) electrons. The van der Waals surface area contributed by atoms with Gasteiger partial charge in [0, 0.05) is 104 Å². The van der Waals surface area contributed by atoms with Crippen LogP contribution in [0, 0.1) is 0 Å². The molecule has 2 atom stereocenters. The Morgan fingerprint density at radius 1 is 0.625 bits per heavy atom. The number of urea groups is 1. The molecule has 7 N–H and O–H groups in total. The fourth-order valence-electron chi connectivity index (χ4n) is 6.16. The van der Waals surface area contributed by atoms with Crippen molar-refractivity contribution in [3.8, 4) is 0 Å². The molecule has 0 unspecified atom stereocenters. The number of hydrogen-bond acceptors (Lipinski definition) is 11. The SMILES string of the molecule is Cn1ccnc1CN1CCN(CC(=O)NCCCCCC(=O)NCCCC[C@H](NC(=O)N[C@@H](CCC(=O)O)C(=O)O)C(=O)O)CCN(Cc2nccn2C)CC1. The number of aryl methyl sites for hydroxylation is 2. The van der Waals surface area contributed by atoms with Crippen LogP contribution in [0.3, 0.4) is 0 Å². The smallest absolute Gasteiger partial charge is 0.326 e. The number of imidazole rings is 2. The minimum atomic E-state index is -1.48. The summed E-state index contributed by atoms with van der Waals surface area (Å²) < 4.78 is 4.06. The molecule has 1 saturated heterocycles. The van der Waals surface area contributed by atoms with E-state index >= 15 is 0 Å². The number of amides is 4. The van der Waals surface area contributed by atoms with E-state index in [0.717, 1.165) is 76.8 Å². The molecule has 0 aliphatic carbocycles. The summed E-state index contributed by atoms with van der Waals surface area (Å²) in [5.41, 5.74) is 0. The van der Waals surface area contributed by atoms with Gasteiger partial charge in [0.15, 0.2) is 0 Å². The summed E-state index contributed by atoms with van der Waals surface area (Å²) in [6.07, 6.45) is 10.0. The predicted molar refractivity (Wildman–Crippen MR) is 203 cm³/mol. The van der Waals surface area contributed by atoms with Crippen molar-refractivity contribution < 1.29 is 44.1 Å². The molecule has 1 aliphatic rings. The van der Waals surface area contributed by atoms with E-state index < -0.39 is 42.4 Å². The Balaban J connectivity index is 1.30. The van der Waals surface area contributed by atoms with E-state index in [-0.39, 0.29) is 24.7 Å². The molecule has 56 heavy (non-hydrogen) atoms. The van der Waals surface area contributed by atoms with Crippen LogP contribution in [0.4, 0.5) is 4.79 Å². The molecular weight excluding hydrogens is 730 g/mol. The van der Waals surface area contributed by atoms with Gasteiger partial charge in [-0.05, 0) is 38.5 Å².